The number of carbonyl (C=O) groups excluding carboxylic acids is 2. The van der Waals surface area contributed by atoms with E-state index in [1.807, 2.05) is 0 Å². The van der Waals surface area contributed by atoms with Gasteiger partial charge in [-0.1, -0.05) is 24.4 Å². The van der Waals surface area contributed by atoms with Crippen LogP contribution in [0.2, 0.25) is 5.02 Å². The zero-order valence-electron chi connectivity index (χ0n) is 12.4. The molecule has 1 saturated carbocycles. The topological polar surface area (TPSA) is 49.4 Å². The number of hydrogen-bond donors (Lipinski definition) is 1. The average Bonchev–Trinajstić information content (AvgIpc) is 2.48. The molecule has 0 unspecified atom stereocenters. The van der Waals surface area contributed by atoms with Crippen molar-refractivity contribution in [2.45, 2.75) is 25.7 Å². The van der Waals surface area contributed by atoms with Gasteiger partial charge in [0.25, 0.3) is 0 Å². The SMILES string of the molecule is CN(C)C(=O)[C@@H]1CCCC[C@@H]1C(=O)Nc1ccc(Cl)cc1. The monoisotopic (exact) mass is 308 g/mol. The molecule has 1 N–H and O–H groups in total. The highest BCUT2D eigenvalue weighted by Crippen LogP contribution is 2.32. The molecule has 114 valence electrons. The molecule has 0 aromatic heterocycles. The second-order valence-electron chi connectivity index (χ2n) is 5.73. The summed E-state index contributed by atoms with van der Waals surface area (Å²) in [7, 11) is 3.48. The second kappa shape index (κ2) is 6.94. The molecule has 2 rings (SSSR count). The predicted molar refractivity (Wildman–Crippen MR) is 84.2 cm³/mol. The van der Waals surface area contributed by atoms with Gasteiger partial charge >= 0.3 is 0 Å². The Bertz CT molecular complexity index is 514. The number of rotatable bonds is 3. The summed E-state index contributed by atoms with van der Waals surface area (Å²) < 4.78 is 0. The number of halogens is 1. The van der Waals surface area contributed by atoms with Gasteiger partial charge in [0.1, 0.15) is 0 Å². The van der Waals surface area contributed by atoms with E-state index in [2.05, 4.69) is 5.32 Å². The summed E-state index contributed by atoms with van der Waals surface area (Å²) in [6.07, 6.45) is 3.56. The Kier molecular flexibility index (Phi) is 5.23. The zero-order valence-corrected chi connectivity index (χ0v) is 13.2. The number of anilines is 1. The molecule has 2 atom stereocenters. The average molecular weight is 309 g/mol. The Morgan fingerprint density at radius 1 is 1.10 bits per heavy atom. The van der Waals surface area contributed by atoms with Crippen LogP contribution in [-0.2, 0) is 9.59 Å². The number of nitrogens with one attached hydrogen (secondary N) is 1. The minimum atomic E-state index is -0.246. The maximum Gasteiger partial charge on any atom is 0.228 e. The van der Waals surface area contributed by atoms with E-state index in [1.54, 1.807) is 43.3 Å². The largest absolute Gasteiger partial charge is 0.349 e. The van der Waals surface area contributed by atoms with Gasteiger partial charge in [0.2, 0.25) is 11.8 Å². The quantitative estimate of drug-likeness (QED) is 0.932. The van der Waals surface area contributed by atoms with E-state index in [-0.39, 0.29) is 23.7 Å². The van der Waals surface area contributed by atoms with E-state index >= 15 is 0 Å². The zero-order chi connectivity index (χ0) is 15.4. The van der Waals surface area contributed by atoms with Crippen LogP contribution in [0.1, 0.15) is 25.7 Å². The number of hydrogen-bond acceptors (Lipinski definition) is 2. The van der Waals surface area contributed by atoms with Crippen molar-refractivity contribution in [3.8, 4) is 0 Å². The molecule has 5 heteroatoms. The van der Waals surface area contributed by atoms with Gasteiger partial charge in [-0.15, -0.1) is 0 Å². The molecule has 1 aliphatic carbocycles. The van der Waals surface area contributed by atoms with Crippen molar-refractivity contribution in [1.29, 1.82) is 0 Å². The third kappa shape index (κ3) is 3.97. The van der Waals surface area contributed by atoms with Crippen LogP contribution in [0.15, 0.2) is 24.3 Å². The van der Waals surface area contributed by atoms with Gasteiger partial charge in [-0.05, 0) is 37.1 Å². The Hall–Kier alpha value is -1.55. The van der Waals surface area contributed by atoms with Crippen molar-refractivity contribution in [2.24, 2.45) is 11.8 Å². The molecular weight excluding hydrogens is 288 g/mol. The molecule has 1 aliphatic rings. The molecule has 1 aromatic rings. The van der Waals surface area contributed by atoms with Crippen molar-refractivity contribution in [1.82, 2.24) is 4.90 Å². The number of nitrogens with zero attached hydrogens (tertiary/aromatic N) is 1. The summed E-state index contributed by atoms with van der Waals surface area (Å²) in [4.78, 5) is 26.3. The molecule has 4 nitrogen and oxygen atoms in total. The van der Waals surface area contributed by atoms with Crippen molar-refractivity contribution >= 4 is 29.1 Å². The standard InChI is InChI=1S/C16H21ClN2O2/c1-19(2)16(21)14-6-4-3-5-13(14)15(20)18-12-9-7-11(17)8-10-12/h7-10,13-14H,3-6H2,1-2H3,(H,18,20)/t13-,14+/m0/s1. The molecule has 1 aromatic carbocycles. The fourth-order valence-corrected chi connectivity index (χ4v) is 2.97. The summed E-state index contributed by atoms with van der Waals surface area (Å²) in [5.41, 5.74) is 0.714. The Labute approximate surface area is 130 Å². The molecule has 0 heterocycles. The minimum absolute atomic E-state index is 0.0472. The first kappa shape index (κ1) is 15.8. The molecule has 0 spiro atoms. The van der Waals surface area contributed by atoms with Gasteiger partial charge in [0, 0.05) is 36.6 Å². The third-order valence-electron chi connectivity index (χ3n) is 3.97. The highest BCUT2D eigenvalue weighted by molar-refractivity contribution is 6.30. The second-order valence-corrected chi connectivity index (χ2v) is 6.16. The molecule has 0 radical (unpaired) electrons. The minimum Gasteiger partial charge on any atom is -0.349 e. The molecule has 2 amide bonds. The smallest absolute Gasteiger partial charge is 0.228 e. The lowest BCUT2D eigenvalue weighted by Crippen LogP contribution is -2.41. The maximum absolute atomic E-state index is 12.5. The highest BCUT2D eigenvalue weighted by Gasteiger charge is 2.36. The van der Waals surface area contributed by atoms with Crippen LogP contribution in [0.4, 0.5) is 5.69 Å². The highest BCUT2D eigenvalue weighted by atomic mass is 35.5. The molecule has 0 aliphatic heterocycles. The lowest BCUT2D eigenvalue weighted by molar-refractivity contribution is -0.140. The molecule has 1 fully saturated rings. The Morgan fingerprint density at radius 3 is 2.24 bits per heavy atom. The van der Waals surface area contributed by atoms with Gasteiger partial charge in [-0.3, -0.25) is 9.59 Å². The first-order valence-corrected chi connectivity index (χ1v) is 7.64. The molecule has 0 bridgehead atoms. The fourth-order valence-electron chi connectivity index (χ4n) is 2.84. The van der Waals surface area contributed by atoms with Crippen LogP contribution < -0.4 is 5.32 Å². The van der Waals surface area contributed by atoms with Crippen LogP contribution >= 0.6 is 11.6 Å². The lowest BCUT2D eigenvalue weighted by Gasteiger charge is -2.31. The number of carbonyl (C=O) groups is 2. The maximum atomic E-state index is 12.5. The molecule has 21 heavy (non-hydrogen) atoms. The van der Waals surface area contributed by atoms with Crippen LogP contribution in [0.25, 0.3) is 0 Å². The van der Waals surface area contributed by atoms with Gasteiger partial charge < -0.3 is 10.2 Å². The van der Waals surface area contributed by atoms with Crippen molar-refractivity contribution in [2.75, 3.05) is 19.4 Å². The lowest BCUT2D eigenvalue weighted by atomic mass is 9.78. The van der Waals surface area contributed by atoms with Crippen LogP contribution in [0, 0.1) is 11.8 Å². The van der Waals surface area contributed by atoms with Crippen molar-refractivity contribution in [3.63, 3.8) is 0 Å². The fraction of sp³-hybridized carbons (Fsp3) is 0.500. The van der Waals surface area contributed by atoms with Gasteiger partial charge in [-0.25, -0.2) is 0 Å². The predicted octanol–water partition coefficient (Wildman–Crippen LogP) is 3.17. The summed E-state index contributed by atoms with van der Waals surface area (Å²) in [6, 6.07) is 7.01. The number of benzene rings is 1. The van der Waals surface area contributed by atoms with E-state index in [9.17, 15) is 9.59 Å². The van der Waals surface area contributed by atoms with Crippen molar-refractivity contribution in [3.05, 3.63) is 29.3 Å². The van der Waals surface area contributed by atoms with Gasteiger partial charge in [0.15, 0.2) is 0 Å². The summed E-state index contributed by atoms with van der Waals surface area (Å²) in [5, 5.41) is 3.53. The first-order chi connectivity index (χ1) is 9.99. The van der Waals surface area contributed by atoms with E-state index in [4.69, 9.17) is 11.6 Å². The molecular formula is C16H21ClN2O2. The van der Waals surface area contributed by atoms with Crippen LogP contribution in [0.5, 0.6) is 0 Å². The van der Waals surface area contributed by atoms with Gasteiger partial charge in [-0.2, -0.15) is 0 Å². The van der Waals surface area contributed by atoms with E-state index < -0.39 is 0 Å². The van der Waals surface area contributed by atoms with Crippen molar-refractivity contribution < 1.29 is 9.59 Å². The molecule has 0 saturated heterocycles. The summed E-state index contributed by atoms with van der Waals surface area (Å²) in [6.45, 7) is 0. The van der Waals surface area contributed by atoms with Crippen LogP contribution in [0.3, 0.4) is 0 Å². The van der Waals surface area contributed by atoms with Gasteiger partial charge in [0.05, 0.1) is 0 Å². The Morgan fingerprint density at radius 2 is 1.67 bits per heavy atom. The summed E-state index contributed by atoms with van der Waals surface area (Å²) >= 11 is 5.83. The van der Waals surface area contributed by atoms with E-state index in [0.717, 1.165) is 25.7 Å². The van der Waals surface area contributed by atoms with Crippen LogP contribution in [-0.4, -0.2) is 30.8 Å². The number of amides is 2. The Balaban J connectivity index is 2.08. The first-order valence-electron chi connectivity index (χ1n) is 7.26. The normalized spacial score (nSPS) is 21.7. The van der Waals surface area contributed by atoms with E-state index in [1.165, 1.54) is 0 Å². The summed E-state index contributed by atoms with van der Waals surface area (Å²) in [5.74, 6) is -0.478. The van der Waals surface area contributed by atoms with E-state index in [0.29, 0.717) is 10.7 Å². The third-order valence-corrected chi connectivity index (χ3v) is 4.22.